The van der Waals surface area contributed by atoms with E-state index in [0.29, 0.717) is 13.2 Å². The van der Waals surface area contributed by atoms with E-state index in [1.165, 1.54) is 6.07 Å². The molecule has 104 valence electrons. The Morgan fingerprint density at radius 3 is 2.33 bits per heavy atom. The summed E-state index contributed by atoms with van der Waals surface area (Å²) >= 11 is 0. The van der Waals surface area contributed by atoms with Crippen LogP contribution < -0.4 is 10.5 Å². The molecule has 0 bridgehead atoms. The lowest BCUT2D eigenvalue weighted by Crippen LogP contribution is -2.19. The summed E-state index contributed by atoms with van der Waals surface area (Å²) in [6, 6.07) is 3.22. The number of hydrogen-bond donors (Lipinski definition) is 1. The zero-order valence-electron chi connectivity index (χ0n) is 10.1. The van der Waals surface area contributed by atoms with Crippen LogP contribution >= 0.6 is 12.4 Å². The maximum Gasteiger partial charge on any atom is 0.416 e. The van der Waals surface area contributed by atoms with E-state index in [1.807, 2.05) is 19.0 Å². The van der Waals surface area contributed by atoms with Gasteiger partial charge in [-0.15, -0.1) is 12.4 Å². The quantitative estimate of drug-likeness (QED) is 0.864. The first-order valence-corrected chi connectivity index (χ1v) is 5.04. The SMILES string of the molecule is CN(C)CCOc1cc(N)cc(C(F)(F)F)c1.Cl. The normalized spacial score (nSPS) is 11.2. The number of halogens is 4. The molecule has 18 heavy (non-hydrogen) atoms. The Morgan fingerprint density at radius 2 is 1.83 bits per heavy atom. The standard InChI is InChI=1S/C11H15F3N2O.ClH/c1-16(2)3-4-17-10-6-8(11(12,13)14)5-9(15)7-10;/h5-7H,3-4,15H2,1-2H3;1H. The molecule has 0 spiro atoms. The van der Waals surface area contributed by atoms with Gasteiger partial charge in [0.1, 0.15) is 12.4 Å². The number of nitrogens with zero attached hydrogens (tertiary/aromatic N) is 1. The van der Waals surface area contributed by atoms with Gasteiger partial charge in [0.15, 0.2) is 0 Å². The van der Waals surface area contributed by atoms with Crippen LogP contribution in [0.2, 0.25) is 0 Å². The summed E-state index contributed by atoms with van der Waals surface area (Å²) in [6.45, 7) is 0.934. The van der Waals surface area contributed by atoms with Crippen LogP contribution in [0.4, 0.5) is 18.9 Å². The van der Waals surface area contributed by atoms with Gasteiger partial charge in [-0.05, 0) is 26.2 Å². The van der Waals surface area contributed by atoms with E-state index in [0.717, 1.165) is 12.1 Å². The summed E-state index contributed by atoms with van der Waals surface area (Å²) in [7, 11) is 3.70. The molecule has 0 saturated heterocycles. The maximum atomic E-state index is 12.5. The predicted molar refractivity (Wildman–Crippen MR) is 67.2 cm³/mol. The van der Waals surface area contributed by atoms with E-state index < -0.39 is 11.7 Å². The van der Waals surface area contributed by atoms with Gasteiger partial charge in [0.25, 0.3) is 0 Å². The fourth-order valence-corrected chi connectivity index (χ4v) is 1.22. The van der Waals surface area contributed by atoms with Crippen LogP contribution in [-0.2, 0) is 6.18 Å². The second-order valence-corrected chi connectivity index (χ2v) is 3.94. The number of ether oxygens (including phenoxy) is 1. The smallest absolute Gasteiger partial charge is 0.416 e. The minimum atomic E-state index is -4.41. The second kappa shape index (κ2) is 6.70. The number of hydrogen-bond acceptors (Lipinski definition) is 3. The largest absolute Gasteiger partial charge is 0.492 e. The zero-order chi connectivity index (χ0) is 13.1. The number of likely N-dealkylation sites (N-methyl/N-ethyl adjacent to an activating group) is 1. The van der Waals surface area contributed by atoms with Gasteiger partial charge in [-0.3, -0.25) is 0 Å². The van der Waals surface area contributed by atoms with Crippen molar-refractivity contribution in [2.45, 2.75) is 6.18 Å². The van der Waals surface area contributed by atoms with E-state index in [9.17, 15) is 13.2 Å². The van der Waals surface area contributed by atoms with Crippen LogP contribution in [0.1, 0.15) is 5.56 Å². The summed E-state index contributed by atoms with van der Waals surface area (Å²) < 4.78 is 42.6. The molecule has 0 unspecified atom stereocenters. The molecule has 2 N–H and O–H groups in total. The van der Waals surface area contributed by atoms with Gasteiger partial charge in [0.2, 0.25) is 0 Å². The van der Waals surface area contributed by atoms with Gasteiger partial charge in [0.05, 0.1) is 5.56 Å². The molecule has 0 saturated carbocycles. The lowest BCUT2D eigenvalue weighted by molar-refractivity contribution is -0.137. The number of anilines is 1. The Morgan fingerprint density at radius 1 is 1.22 bits per heavy atom. The van der Waals surface area contributed by atoms with Crippen molar-refractivity contribution in [3.8, 4) is 5.75 Å². The Labute approximate surface area is 110 Å². The molecule has 3 nitrogen and oxygen atoms in total. The predicted octanol–water partition coefficient (Wildman–Crippen LogP) is 2.65. The van der Waals surface area contributed by atoms with E-state index in [1.54, 1.807) is 0 Å². The summed E-state index contributed by atoms with van der Waals surface area (Å²) in [6.07, 6.45) is -4.41. The molecular weight excluding hydrogens is 269 g/mol. The Kier molecular flexibility index (Phi) is 6.28. The fourth-order valence-electron chi connectivity index (χ4n) is 1.22. The first-order valence-electron chi connectivity index (χ1n) is 5.04. The van der Waals surface area contributed by atoms with Crippen LogP contribution in [0.3, 0.4) is 0 Å². The Bertz CT molecular complexity index is 383. The van der Waals surface area contributed by atoms with Gasteiger partial charge >= 0.3 is 6.18 Å². The molecule has 1 aromatic carbocycles. The van der Waals surface area contributed by atoms with Gasteiger partial charge in [-0.2, -0.15) is 13.2 Å². The molecular formula is C11H16ClF3N2O. The molecule has 1 aromatic rings. The van der Waals surface area contributed by atoms with Crippen molar-refractivity contribution in [1.82, 2.24) is 4.90 Å². The maximum absolute atomic E-state index is 12.5. The molecule has 0 heterocycles. The molecule has 0 aliphatic carbocycles. The van der Waals surface area contributed by atoms with Crippen LogP contribution in [0.25, 0.3) is 0 Å². The van der Waals surface area contributed by atoms with Crippen molar-refractivity contribution in [3.05, 3.63) is 23.8 Å². The van der Waals surface area contributed by atoms with E-state index in [-0.39, 0.29) is 23.8 Å². The van der Waals surface area contributed by atoms with Crippen molar-refractivity contribution in [2.24, 2.45) is 0 Å². The second-order valence-electron chi connectivity index (χ2n) is 3.94. The summed E-state index contributed by atoms with van der Waals surface area (Å²) in [5.41, 5.74) is 4.64. The summed E-state index contributed by atoms with van der Waals surface area (Å²) in [4.78, 5) is 1.87. The van der Waals surface area contributed by atoms with Gasteiger partial charge in [-0.1, -0.05) is 0 Å². The number of rotatable bonds is 4. The molecule has 7 heteroatoms. The van der Waals surface area contributed by atoms with Crippen LogP contribution in [-0.4, -0.2) is 32.1 Å². The number of alkyl halides is 3. The van der Waals surface area contributed by atoms with Gasteiger partial charge in [-0.25, -0.2) is 0 Å². The highest BCUT2D eigenvalue weighted by atomic mass is 35.5. The highest BCUT2D eigenvalue weighted by Gasteiger charge is 2.31. The molecule has 1 rings (SSSR count). The summed E-state index contributed by atoms with van der Waals surface area (Å²) in [5, 5.41) is 0. The third-order valence-electron chi connectivity index (χ3n) is 2.06. The number of nitrogens with two attached hydrogens (primary N) is 1. The van der Waals surface area contributed by atoms with E-state index >= 15 is 0 Å². The highest BCUT2D eigenvalue weighted by molar-refractivity contribution is 5.85. The van der Waals surface area contributed by atoms with E-state index in [4.69, 9.17) is 10.5 Å². The molecule has 0 atom stereocenters. The highest BCUT2D eigenvalue weighted by Crippen LogP contribution is 2.33. The third kappa shape index (κ3) is 5.46. The molecule has 0 aromatic heterocycles. The number of nitrogen functional groups attached to an aromatic ring is 1. The first-order chi connectivity index (χ1) is 7.79. The van der Waals surface area contributed by atoms with Crippen LogP contribution in [0.15, 0.2) is 18.2 Å². The van der Waals surface area contributed by atoms with E-state index in [2.05, 4.69) is 0 Å². The first kappa shape index (κ1) is 16.9. The molecule has 0 radical (unpaired) electrons. The third-order valence-corrected chi connectivity index (χ3v) is 2.06. The Hall–Kier alpha value is -1.14. The van der Waals surface area contributed by atoms with Crippen molar-refractivity contribution in [3.63, 3.8) is 0 Å². The monoisotopic (exact) mass is 284 g/mol. The van der Waals surface area contributed by atoms with Crippen molar-refractivity contribution < 1.29 is 17.9 Å². The van der Waals surface area contributed by atoms with Gasteiger partial charge < -0.3 is 15.4 Å². The topological polar surface area (TPSA) is 38.5 Å². The van der Waals surface area contributed by atoms with Crippen molar-refractivity contribution in [1.29, 1.82) is 0 Å². The zero-order valence-corrected chi connectivity index (χ0v) is 10.9. The lowest BCUT2D eigenvalue weighted by Gasteiger charge is -2.13. The van der Waals surface area contributed by atoms with Crippen molar-refractivity contribution in [2.75, 3.05) is 33.0 Å². The average Bonchev–Trinajstić information content (AvgIpc) is 2.14. The average molecular weight is 285 g/mol. The Balaban J connectivity index is 0.00000289. The number of benzene rings is 1. The van der Waals surface area contributed by atoms with Crippen LogP contribution in [0.5, 0.6) is 5.75 Å². The van der Waals surface area contributed by atoms with Gasteiger partial charge in [0, 0.05) is 18.3 Å². The fraction of sp³-hybridized carbons (Fsp3) is 0.455. The minimum absolute atomic E-state index is 0. The summed E-state index contributed by atoms with van der Waals surface area (Å²) in [5.74, 6) is 0.138. The van der Waals surface area contributed by atoms with Crippen molar-refractivity contribution >= 4 is 18.1 Å². The molecule has 0 aliphatic heterocycles. The molecule has 0 amide bonds. The van der Waals surface area contributed by atoms with Crippen LogP contribution in [0, 0.1) is 0 Å². The molecule has 0 fully saturated rings. The lowest BCUT2D eigenvalue weighted by atomic mass is 10.2. The minimum Gasteiger partial charge on any atom is -0.492 e. The molecule has 0 aliphatic rings.